The summed E-state index contributed by atoms with van der Waals surface area (Å²) in [5, 5.41) is 8.78. The van der Waals surface area contributed by atoms with Crippen LogP contribution in [-0.2, 0) is 9.59 Å². The number of ether oxygens (including phenoxy) is 2. The second-order valence-corrected chi connectivity index (χ2v) is 6.88. The zero-order valence-electron chi connectivity index (χ0n) is 14.0. The van der Waals surface area contributed by atoms with Crippen LogP contribution < -0.4 is 9.47 Å². The SMILES string of the molecule is CCCOc1cccc(C=C2SC(=S)N(CCC(=O)O)C2=O)c1OC. The largest absolute Gasteiger partial charge is 0.492 e. The van der Waals surface area contributed by atoms with Crippen molar-refractivity contribution in [3.63, 3.8) is 0 Å². The van der Waals surface area contributed by atoms with Gasteiger partial charge in [0.05, 0.1) is 25.0 Å². The number of amides is 1. The van der Waals surface area contributed by atoms with Crippen LogP contribution in [-0.4, -0.2) is 46.5 Å². The average molecular weight is 381 g/mol. The molecule has 1 aromatic carbocycles. The van der Waals surface area contributed by atoms with Crippen molar-refractivity contribution >= 4 is 46.3 Å². The lowest BCUT2D eigenvalue weighted by molar-refractivity contribution is -0.137. The Morgan fingerprint density at radius 2 is 2.20 bits per heavy atom. The number of rotatable bonds is 8. The lowest BCUT2D eigenvalue weighted by atomic mass is 10.1. The summed E-state index contributed by atoms with van der Waals surface area (Å²) in [5.41, 5.74) is 0.704. The van der Waals surface area contributed by atoms with Crippen LogP contribution in [0.3, 0.4) is 0 Å². The van der Waals surface area contributed by atoms with Gasteiger partial charge in [0.15, 0.2) is 11.5 Å². The van der Waals surface area contributed by atoms with Gasteiger partial charge >= 0.3 is 5.97 Å². The first-order valence-corrected chi connectivity index (χ1v) is 8.97. The molecule has 0 radical (unpaired) electrons. The lowest BCUT2D eigenvalue weighted by Gasteiger charge is -2.13. The second kappa shape index (κ2) is 8.87. The van der Waals surface area contributed by atoms with Crippen LogP contribution in [0.2, 0.25) is 0 Å². The molecule has 1 saturated heterocycles. The van der Waals surface area contributed by atoms with Gasteiger partial charge < -0.3 is 14.6 Å². The molecule has 8 heteroatoms. The molecule has 0 saturated carbocycles. The summed E-state index contributed by atoms with van der Waals surface area (Å²) in [6.07, 6.45) is 2.41. The minimum absolute atomic E-state index is 0.0636. The Hall–Kier alpha value is -2.06. The molecule has 1 fully saturated rings. The molecule has 0 aromatic heterocycles. The van der Waals surface area contributed by atoms with E-state index in [1.54, 1.807) is 13.2 Å². The van der Waals surface area contributed by atoms with Gasteiger partial charge in [0.25, 0.3) is 5.91 Å². The summed E-state index contributed by atoms with van der Waals surface area (Å²) in [5.74, 6) is -0.107. The minimum Gasteiger partial charge on any atom is -0.492 e. The number of methoxy groups -OCH3 is 1. The van der Waals surface area contributed by atoms with Gasteiger partial charge in [-0.05, 0) is 18.6 Å². The van der Waals surface area contributed by atoms with Crippen molar-refractivity contribution in [2.45, 2.75) is 19.8 Å². The van der Waals surface area contributed by atoms with Gasteiger partial charge in [-0.3, -0.25) is 14.5 Å². The van der Waals surface area contributed by atoms with E-state index in [2.05, 4.69) is 0 Å². The van der Waals surface area contributed by atoms with Crippen LogP contribution in [0.1, 0.15) is 25.3 Å². The fraction of sp³-hybridized carbons (Fsp3) is 0.353. The molecular formula is C17H19NO5S2. The first-order chi connectivity index (χ1) is 12.0. The number of hydrogen-bond donors (Lipinski definition) is 1. The molecule has 6 nitrogen and oxygen atoms in total. The topological polar surface area (TPSA) is 76.1 Å². The molecule has 1 amide bonds. The van der Waals surface area contributed by atoms with Gasteiger partial charge in [0.1, 0.15) is 4.32 Å². The molecule has 2 rings (SSSR count). The van der Waals surface area contributed by atoms with E-state index in [1.807, 2.05) is 25.1 Å². The number of carbonyl (C=O) groups is 2. The first kappa shape index (κ1) is 19.3. The number of aliphatic carboxylic acids is 1. The average Bonchev–Trinajstić information content (AvgIpc) is 2.84. The Morgan fingerprint density at radius 3 is 2.84 bits per heavy atom. The number of thiocarbonyl (C=S) groups is 1. The highest BCUT2D eigenvalue weighted by atomic mass is 32.2. The number of carbonyl (C=O) groups excluding carboxylic acids is 1. The Morgan fingerprint density at radius 1 is 1.44 bits per heavy atom. The monoisotopic (exact) mass is 381 g/mol. The van der Waals surface area contributed by atoms with Gasteiger partial charge in [-0.15, -0.1) is 0 Å². The number of benzene rings is 1. The maximum atomic E-state index is 12.5. The van der Waals surface area contributed by atoms with E-state index >= 15 is 0 Å². The quantitative estimate of drug-likeness (QED) is 0.547. The summed E-state index contributed by atoms with van der Waals surface area (Å²) in [4.78, 5) is 24.9. The fourth-order valence-corrected chi connectivity index (χ4v) is 3.53. The lowest BCUT2D eigenvalue weighted by Crippen LogP contribution is -2.30. The van der Waals surface area contributed by atoms with Gasteiger partial charge in [0, 0.05) is 12.1 Å². The van der Waals surface area contributed by atoms with Crippen molar-refractivity contribution in [2.75, 3.05) is 20.3 Å². The third-order valence-electron chi connectivity index (χ3n) is 3.38. The molecule has 0 aliphatic carbocycles. The second-order valence-electron chi connectivity index (χ2n) is 5.20. The number of carboxylic acids is 1. The number of thioether (sulfide) groups is 1. The zero-order chi connectivity index (χ0) is 18.4. The third kappa shape index (κ3) is 4.73. The van der Waals surface area contributed by atoms with Crippen LogP contribution in [0.25, 0.3) is 6.08 Å². The van der Waals surface area contributed by atoms with Crippen LogP contribution in [0.5, 0.6) is 11.5 Å². The molecule has 25 heavy (non-hydrogen) atoms. The highest BCUT2D eigenvalue weighted by Gasteiger charge is 2.32. The number of nitrogens with zero attached hydrogens (tertiary/aromatic N) is 1. The van der Waals surface area contributed by atoms with Gasteiger partial charge in [-0.1, -0.05) is 43.0 Å². The maximum Gasteiger partial charge on any atom is 0.305 e. The predicted molar refractivity (Wildman–Crippen MR) is 101 cm³/mol. The first-order valence-electron chi connectivity index (χ1n) is 7.74. The highest BCUT2D eigenvalue weighted by Crippen LogP contribution is 2.37. The van der Waals surface area contributed by atoms with Crippen LogP contribution in [0, 0.1) is 0 Å². The fourth-order valence-electron chi connectivity index (χ4n) is 2.23. The van der Waals surface area contributed by atoms with Crippen LogP contribution in [0.4, 0.5) is 0 Å². The van der Waals surface area contributed by atoms with E-state index in [9.17, 15) is 9.59 Å². The summed E-state index contributed by atoms with van der Waals surface area (Å²) in [6.45, 7) is 2.64. The van der Waals surface area contributed by atoms with Crippen molar-refractivity contribution in [3.8, 4) is 11.5 Å². The van der Waals surface area contributed by atoms with E-state index in [0.29, 0.717) is 32.9 Å². The Balaban J connectivity index is 2.26. The molecule has 1 N–H and O–H groups in total. The van der Waals surface area contributed by atoms with Crippen molar-refractivity contribution in [1.29, 1.82) is 0 Å². The summed E-state index contributed by atoms with van der Waals surface area (Å²) >= 11 is 6.34. The van der Waals surface area contributed by atoms with E-state index in [4.69, 9.17) is 26.8 Å². The van der Waals surface area contributed by atoms with Crippen molar-refractivity contribution in [1.82, 2.24) is 4.90 Å². The summed E-state index contributed by atoms with van der Waals surface area (Å²) < 4.78 is 11.5. The number of carboxylic acid groups (broad SMARTS) is 1. The molecule has 1 aromatic rings. The smallest absolute Gasteiger partial charge is 0.305 e. The molecule has 1 aliphatic rings. The van der Waals surface area contributed by atoms with Crippen molar-refractivity contribution in [3.05, 3.63) is 28.7 Å². The van der Waals surface area contributed by atoms with E-state index in [-0.39, 0.29) is 18.9 Å². The molecule has 1 heterocycles. The molecule has 0 spiro atoms. The van der Waals surface area contributed by atoms with Crippen LogP contribution in [0.15, 0.2) is 23.1 Å². The number of hydrogen-bond acceptors (Lipinski definition) is 6. The standard InChI is InChI=1S/C17H19NO5S2/c1-3-9-23-12-6-4-5-11(15(12)22-2)10-13-16(21)18(17(24)25-13)8-7-14(19)20/h4-6,10H,3,7-9H2,1-2H3,(H,19,20). The van der Waals surface area contributed by atoms with Crippen LogP contribution >= 0.6 is 24.0 Å². The maximum absolute atomic E-state index is 12.5. The Bertz CT molecular complexity index is 717. The highest BCUT2D eigenvalue weighted by molar-refractivity contribution is 8.26. The van der Waals surface area contributed by atoms with Gasteiger partial charge in [-0.2, -0.15) is 0 Å². The number of para-hydroxylation sites is 1. The zero-order valence-corrected chi connectivity index (χ0v) is 15.6. The molecule has 0 atom stereocenters. The molecular weight excluding hydrogens is 362 g/mol. The summed E-state index contributed by atoms with van der Waals surface area (Å²) in [7, 11) is 1.55. The third-order valence-corrected chi connectivity index (χ3v) is 4.76. The predicted octanol–water partition coefficient (Wildman–Crippen LogP) is 3.16. The van der Waals surface area contributed by atoms with Gasteiger partial charge in [-0.25, -0.2) is 0 Å². The Kier molecular flexibility index (Phi) is 6.83. The van der Waals surface area contributed by atoms with E-state index in [1.165, 1.54) is 4.90 Å². The molecule has 1 aliphatic heterocycles. The van der Waals surface area contributed by atoms with Crippen molar-refractivity contribution < 1.29 is 24.2 Å². The minimum atomic E-state index is -0.972. The normalized spacial score (nSPS) is 15.8. The van der Waals surface area contributed by atoms with E-state index < -0.39 is 5.97 Å². The molecule has 134 valence electrons. The van der Waals surface area contributed by atoms with Crippen molar-refractivity contribution in [2.24, 2.45) is 0 Å². The van der Waals surface area contributed by atoms with Gasteiger partial charge in [0.2, 0.25) is 0 Å². The summed E-state index contributed by atoms with van der Waals surface area (Å²) in [6, 6.07) is 5.45. The molecule has 0 bridgehead atoms. The molecule has 0 unspecified atom stereocenters. The Labute approximate surface area is 155 Å². The van der Waals surface area contributed by atoms with E-state index in [0.717, 1.165) is 18.2 Å².